The molecule has 0 spiro atoms. The van der Waals surface area contributed by atoms with E-state index in [9.17, 15) is 5.11 Å². The molecule has 0 atom stereocenters. The maximum atomic E-state index is 10.1. The molecule has 0 bridgehead atoms. The number of phenolic OH excluding ortho intramolecular Hbond substituents is 1. The van der Waals surface area contributed by atoms with Gasteiger partial charge in [-0.05, 0) is 57.7 Å². The van der Waals surface area contributed by atoms with E-state index in [-0.39, 0.29) is 5.75 Å². The summed E-state index contributed by atoms with van der Waals surface area (Å²) in [5, 5.41) is 16.9. The minimum absolute atomic E-state index is 0.0501. The topological polar surface area (TPSA) is 68.3 Å². The molecular formula is C26H24BrN3O3S. The van der Waals surface area contributed by atoms with Gasteiger partial charge in [-0.2, -0.15) is 5.10 Å². The van der Waals surface area contributed by atoms with E-state index in [0.29, 0.717) is 16.8 Å². The first-order valence-corrected chi connectivity index (χ1v) is 12.3. The van der Waals surface area contributed by atoms with Gasteiger partial charge in [0, 0.05) is 17.5 Å². The van der Waals surface area contributed by atoms with E-state index in [1.54, 1.807) is 25.5 Å². The highest BCUT2D eigenvalue weighted by Gasteiger charge is 2.13. The second-order valence-corrected chi connectivity index (χ2v) is 9.02. The minimum atomic E-state index is 0.0501. The Balaban J connectivity index is 1.75. The molecule has 0 saturated carbocycles. The summed E-state index contributed by atoms with van der Waals surface area (Å²) < 4.78 is 13.2. The summed E-state index contributed by atoms with van der Waals surface area (Å²) in [6.45, 7) is 0.643. The van der Waals surface area contributed by atoms with Crippen molar-refractivity contribution in [3.8, 4) is 28.5 Å². The fourth-order valence-electron chi connectivity index (χ4n) is 3.43. The summed E-state index contributed by atoms with van der Waals surface area (Å²) >= 11 is 4.89. The average Bonchev–Trinajstić information content (AvgIpc) is 3.27. The van der Waals surface area contributed by atoms with Crippen LogP contribution in [0.15, 0.2) is 86.7 Å². The number of phenols is 1. The summed E-state index contributed by atoms with van der Waals surface area (Å²) in [5.74, 6) is 1.17. The smallest absolute Gasteiger partial charge is 0.206 e. The third-order valence-electron chi connectivity index (χ3n) is 5.15. The number of nitrogens with zero attached hydrogens (tertiary/aromatic N) is 3. The number of aromatic nitrogens is 1. The van der Waals surface area contributed by atoms with Gasteiger partial charge in [-0.25, -0.2) is 4.68 Å². The SMILES string of the molecule is COc1ccccc1-c1csc(=NCCc2ccccc2)n1N=Cc1cc(Br)c(O)c(OC)c1. The fraction of sp³-hybridized carbons (Fsp3) is 0.154. The van der Waals surface area contributed by atoms with E-state index in [1.165, 1.54) is 24.0 Å². The van der Waals surface area contributed by atoms with Gasteiger partial charge in [-0.1, -0.05) is 42.5 Å². The quantitative estimate of drug-likeness (QED) is 0.292. The van der Waals surface area contributed by atoms with Crippen LogP contribution in [0.3, 0.4) is 0 Å². The second kappa shape index (κ2) is 11.2. The van der Waals surface area contributed by atoms with Crippen LogP contribution in [0.5, 0.6) is 17.2 Å². The molecule has 0 aliphatic carbocycles. The zero-order valence-electron chi connectivity index (χ0n) is 18.8. The van der Waals surface area contributed by atoms with Crippen LogP contribution in [0, 0.1) is 0 Å². The first-order valence-electron chi connectivity index (χ1n) is 10.6. The maximum Gasteiger partial charge on any atom is 0.206 e. The normalized spacial score (nSPS) is 11.8. The zero-order valence-corrected chi connectivity index (χ0v) is 21.2. The Labute approximate surface area is 210 Å². The second-order valence-electron chi connectivity index (χ2n) is 7.33. The molecule has 174 valence electrons. The number of hydrogen-bond acceptors (Lipinski definition) is 6. The van der Waals surface area contributed by atoms with Crippen molar-refractivity contribution in [2.24, 2.45) is 10.1 Å². The number of rotatable bonds is 8. The Bertz CT molecular complexity index is 1360. The predicted octanol–water partition coefficient (Wildman–Crippen LogP) is 5.73. The highest BCUT2D eigenvalue weighted by atomic mass is 79.9. The molecule has 0 unspecified atom stereocenters. The number of halogens is 1. The molecule has 34 heavy (non-hydrogen) atoms. The van der Waals surface area contributed by atoms with Gasteiger partial charge in [-0.3, -0.25) is 4.99 Å². The number of hydrogen-bond donors (Lipinski definition) is 1. The molecule has 3 aromatic carbocycles. The van der Waals surface area contributed by atoms with Crippen molar-refractivity contribution in [3.05, 3.63) is 92.5 Å². The van der Waals surface area contributed by atoms with Crippen molar-refractivity contribution in [3.63, 3.8) is 0 Å². The third kappa shape index (κ3) is 5.40. The van der Waals surface area contributed by atoms with Gasteiger partial charge in [0.05, 0.1) is 30.6 Å². The van der Waals surface area contributed by atoms with Crippen molar-refractivity contribution in [2.75, 3.05) is 20.8 Å². The fourth-order valence-corrected chi connectivity index (χ4v) is 4.75. The lowest BCUT2D eigenvalue weighted by Gasteiger charge is -2.09. The van der Waals surface area contributed by atoms with Crippen molar-refractivity contribution < 1.29 is 14.6 Å². The van der Waals surface area contributed by atoms with Gasteiger partial charge in [0.1, 0.15) is 5.75 Å². The summed E-state index contributed by atoms with van der Waals surface area (Å²) in [6.07, 6.45) is 2.56. The van der Waals surface area contributed by atoms with E-state index in [4.69, 9.17) is 19.6 Å². The van der Waals surface area contributed by atoms with Crippen LogP contribution in [0.1, 0.15) is 11.1 Å². The number of para-hydroxylation sites is 1. The number of ether oxygens (including phenoxy) is 2. The molecule has 6 nitrogen and oxygen atoms in total. The summed E-state index contributed by atoms with van der Waals surface area (Å²) in [4.78, 5) is 5.61. The highest BCUT2D eigenvalue weighted by Crippen LogP contribution is 2.35. The summed E-state index contributed by atoms with van der Waals surface area (Å²) in [7, 11) is 3.17. The molecule has 4 aromatic rings. The molecular weight excluding hydrogens is 514 g/mol. The lowest BCUT2D eigenvalue weighted by Crippen LogP contribution is -2.13. The first-order chi connectivity index (χ1) is 16.6. The molecule has 0 aliphatic heterocycles. The van der Waals surface area contributed by atoms with Gasteiger partial charge >= 0.3 is 0 Å². The van der Waals surface area contributed by atoms with Crippen LogP contribution in [0.2, 0.25) is 0 Å². The van der Waals surface area contributed by atoms with Crippen LogP contribution in [0.25, 0.3) is 11.3 Å². The molecule has 0 saturated heterocycles. The first kappa shape index (κ1) is 23.8. The molecule has 0 radical (unpaired) electrons. The van der Waals surface area contributed by atoms with Crippen LogP contribution in [-0.4, -0.2) is 36.8 Å². The number of methoxy groups -OCH3 is 2. The standard InChI is InChI=1S/C26H24BrN3O3S/c1-32-23-11-7-6-10-20(23)22-17-34-26(28-13-12-18-8-4-3-5-9-18)30(22)29-16-19-14-21(27)25(31)24(15-19)33-2/h3-11,14-17,31H,12-13H2,1-2H3. The molecule has 1 heterocycles. The Kier molecular flexibility index (Phi) is 7.82. The minimum Gasteiger partial charge on any atom is -0.503 e. The van der Waals surface area contributed by atoms with E-state index < -0.39 is 0 Å². The van der Waals surface area contributed by atoms with E-state index >= 15 is 0 Å². The van der Waals surface area contributed by atoms with Gasteiger partial charge in [0.25, 0.3) is 0 Å². The monoisotopic (exact) mass is 537 g/mol. The van der Waals surface area contributed by atoms with E-state index in [0.717, 1.165) is 33.8 Å². The van der Waals surface area contributed by atoms with Crippen LogP contribution < -0.4 is 14.3 Å². The average molecular weight is 538 g/mol. The van der Waals surface area contributed by atoms with Gasteiger partial charge in [0.2, 0.25) is 4.80 Å². The van der Waals surface area contributed by atoms with E-state index in [2.05, 4.69) is 28.1 Å². The third-order valence-corrected chi connectivity index (χ3v) is 6.61. The lowest BCUT2D eigenvalue weighted by atomic mass is 10.1. The Morgan fingerprint density at radius 3 is 2.50 bits per heavy atom. The number of benzene rings is 3. The van der Waals surface area contributed by atoms with Gasteiger partial charge < -0.3 is 14.6 Å². The predicted molar refractivity (Wildman–Crippen MR) is 140 cm³/mol. The summed E-state index contributed by atoms with van der Waals surface area (Å²) in [6, 6.07) is 21.6. The van der Waals surface area contributed by atoms with Crippen LogP contribution in [-0.2, 0) is 6.42 Å². The van der Waals surface area contributed by atoms with Crippen molar-refractivity contribution >= 4 is 33.5 Å². The Morgan fingerprint density at radius 1 is 1.00 bits per heavy atom. The Hall–Kier alpha value is -3.36. The van der Waals surface area contributed by atoms with Crippen molar-refractivity contribution in [1.82, 2.24) is 4.68 Å². The summed E-state index contributed by atoms with van der Waals surface area (Å²) in [5.41, 5.74) is 3.81. The number of thiazole rings is 1. The van der Waals surface area contributed by atoms with Crippen molar-refractivity contribution in [2.45, 2.75) is 6.42 Å². The molecule has 1 N–H and O–H groups in total. The molecule has 4 rings (SSSR count). The molecule has 1 aromatic heterocycles. The van der Waals surface area contributed by atoms with Crippen LogP contribution in [0.4, 0.5) is 0 Å². The molecule has 0 aliphatic rings. The molecule has 0 fully saturated rings. The van der Waals surface area contributed by atoms with Gasteiger partial charge in [0.15, 0.2) is 11.5 Å². The highest BCUT2D eigenvalue weighted by molar-refractivity contribution is 9.10. The molecule has 0 amide bonds. The molecule has 8 heteroatoms. The largest absolute Gasteiger partial charge is 0.503 e. The van der Waals surface area contributed by atoms with Crippen LogP contribution >= 0.6 is 27.3 Å². The Morgan fingerprint density at radius 2 is 1.74 bits per heavy atom. The maximum absolute atomic E-state index is 10.1. The van der Waals surface area contributed by atoms with E-state index in [1.807, 2.05) is 52.5 Å². The van der Waals surface area contributed by atoms with Crippen molar-refractivity contribution in [1.29, 1.82) is 0 Å². The number of aromatic hydroxyl groups is 1. The zero-order chi connectivity index (χ0) is 23.9. The lowest BCUT2D eigenvalue weighted by molar-refractivity contribution is 0.372. The van der Waals surface area contributed by atoms with Gasteiger partial charge in [-0.15, -0.1) is 11.3 Å².